The van der Waals surface area contributed by atoms with Crippen molar-refractivity contribution in [1.82, 2.24) is 19.6 Å². The second-order valence-electron chi connectivity index (χ2n) is 7.38. The normalized spacial score (nSPS) is 16.4. The lowest BCUT2D eigenvalue weighted by atomic mass is 10.1. The highest BCUT2D eigenvalue weighted by atomic mass is 35.5. The summed E-state index contributed by atoms with van der Waals surface area (Å²) < 4.78 is 1.76. The molecule has 150 valence electrons. The molecular formula is C23H25ClN4O. The van der Waals surface area contributed by atoms with E-state index in [1.807, 2.05) is 59.6 Å². The highest BCUT2D eigenvalue weighted by Crippen LogP contribution is 2.21. The first-order valence-electron chi connectivity index (χ1n) is 10.0. The van der Waals surface area contributed by atoms with Crippen LogP contribution in [0.15, 0.2) is 73.1 Å². The van der Waals surface area contributed by atoms with E-state index in [9.17, 15) is 4.79 Å². The number of benzene rings is 2. The Kier molecular flexibility index (Phi) is 6.27. The Balaban J connectivity index is 1.46. The summed E-state index contributed by atoms with van der Waals surface area (Å²) >= 11 is 5.99. The van der Waals surface area contributed by atoms with Gasteiger partial charge in [0, 0.05) is 50.1 Å². The molecule has 2 aromatic carbocycles. The fourth-order valence-corrected chi connectivity index (χ4v) is 3.97. The Hall–Kier alpha value is -2.63. The zero-order chi connectivity index (χ0) is 20.1. The summed E-state index contributed by atoms with van der Waals surface area (Å²) in [6.45, 7) is 4.19. The highest BCUT2D eigenvalue weighted by molar-refractivity contribution is 6.30. The number of nitrogens with zero attached hydrogens (tertiary/aromatic N) is 4. The van der Waals surface area contributed by atoms with Gasteiger partial charge in [-0.05, 0) is 35.7 Å². The molecule has 1 aliphatic rings. The largest absolute Gasteiger partial charge is 0.339 e. The maximum Gasteiger partial charge on any atom is 0.252 e. The molecule has 0 spiro atoms. The van der Waals surface area contributed by atoms with Gasteiger partial charge >= 0.3 is 0 Å². The van der Waals surface area contributed by atoms with Crippen molar-refractivity contribution >= 4 is 17.5 Å². The molecule has 0 N–H and O–H groups in total. The Labute approximate surface area is 176 Å². The molecule has 1 saturated heterocycles. The number of aromatic nitrogens is 2. The van der Waals surface area contributed by atoms with Crippen molar-refractivity contribution in [2.75, 3.05) is 26.2 Å². The van der Waals surface area contributed by atoms with Crippen molar-refractivity contribution in [2.45, 2.75) is 19.0 Å². The fourth-order valence-electron chi connectivity index (χ4n) is 3.85. The summed E-state index contributed by atoms with van der Waals surface area (Å²) in [6, 6.07) is 19.3. The number of hydrogen-bond acceptors (Lipinski definition) is 3. The first-order valence-corrected chi connectivity index (χ1v) is 10.4. The number of amides is 1. The van der Waals surface area contributed by atoms with Crippen molar-refractivity contribution < 1.29 is 4.79 Å². The predicted octanol–water partition coefficient (Wildman–Crippen LogP) is 3.86. The Morgan fingerprint density at radius 3 is 2.48 bits per heavy atom. The highest BCUT2D eigenvalue weighted by Gasteiger charge is 2.29. The van der Waals surface area contributed by atoms with Crippen LogP contribution in [-0.4, -0.2) is 51.7 Å². The minimum atomic E-state index is -0.422. The molecular weight excluding hydrogens is 384 g/mol. The molecule has 1 unspecified atom stereocenters. The van der Waals surface area contributed by atoms with Crippen LogP contribution in [0.5, 0.6) is 0 Å². The zero-order valence-corrected chi connectivity index (χ0v) is 17.1. The molecule has 3 aromatic rings. The van der Waals surface area contributed by atoms with Crippen molar-refractivity contribution in [3.05, 3.63) is 89.2 Å². The fraction of sp³-hybridized carbons (Fsp3) is 0.304. The summed E-state index contributed by atoms with van der Waals surface area (Å²) in [6.07, 6.45) is 4.54. The summed E-state index contributed by atoms with van der Waals surface area (Å²) in [4.78, 5) is 17.9. The average Bonchev–Trinajstić information content (AvgIpc) is 3.16. The third kappa shape index (κ3) is 4.86. The minimum Gasteiger partial charge on any atom is -0.339 e. The molecule has 0 saturated carbocycles. The van der Waals surface area contributed by atoms with E-state index in [0.717, 1.165) is 49.7 Å². The monoisotopic (exact) mass is 408 g/mol. The lowest BCUT2D eigenvalue weighted by molar-refractivity contribution is -0.133. The first-order chi connectivity index (χ1) is 14.2. The first kappa shape index (κ1) is 19.7. The van der Waals surface area contributed by atoms with E-state index in [2.05, 4.69) is 22.1 Å². The van der Waals surface area contributed by atoms with Crippen molar-refractivity contribution in [3.8, 4) is 0 Å². The zero-order valence-electron chi connectivity index (χ0n) is 16.3. The number of hydrogen-bond donors (Lipinski definition) is 0. The summed E-state index contributed by atoms with van der Waals surface area (Å²) in [5.41, 5.74) is 2.20. The van der Waals surface area contributed by atoms with Gasteiger partial charge in [-0.15, -0.1) is 0 Å². The van der Waals surface area contributed by atoms with Crippen LogP contribution in [0.2, 0.25) is 5.02 Å². The molecule has 1 atom stereocenters. The number of carbonyl (C=O) groups is 1. The van der Waals surface area contributed by atoms with E-state index >= 15 is 0 Å². The molecule has 0 radical (unpaired) electrons. The third-order valence-electron chi connectivity index (χ3n) is 5.36. The van der Waals surface area contributed by atoms with Gasteiger partial charge in [-0.1, -0.05) is 54.1 Å². The molecule has 1 fully saturated rings. The van der Waals surface area contributed by atoms with E-state index < -0.39 is 6.04 Å². The van der Waals surface area contributed by atoms with Gasteiger partial charge in [0.2, 0.25) is 0 Å². The van der Waals surface area contributed by atoms with Crippen molar-refractivity contribution in [3.63, 3.8) is 0 Å². The van der Waals surface area contributed by atoms with Gasteiger partial charge in [0.05, 0.1) is 0 Å². The number of halogens is 1. The molecule has 29 heavy (non-hydrogen) atoms. The van der Waals surface area contributed by atoms with E-state index in [1.54, 1.807) is 10.9 Å². The maximum absolute atomic E-state index is 13.5. The lowest BCUT2D eigenvalue weighted by Crippen LogP contribution is -2.40. The SMILES string of the molecule is O=C(C(c1ccccc1)n1cccn1)N1CCCN(Cc2ccc(Cl)cc2)CC1. The maximum atomic E-state index is 13.5. The summed E-state index contributed by atoms with van der Waals surface area (Å²) in [7, 11) is 0. The van der Waals surface area contributed by atoms with Crippen LogP contribution in [0.1, 0.15) is 23.6 Å². The van der Waals surface area contributed by atoms with Crippen LogP contribution in [0, 0.1) is 0 Å². The van der Waals surface area contributed by atoms with Crippen LogP contribution < -0.4 is 0 Å². The van der Waals surface area contributed by atoms with E-state index in [-0.39, 0.29) is 5.91 Å². The van der Waals surface area contributed by atoms with E-state index in [4.69, 9.17) is 11.6 Å². The van der Waals surface area contributed by atoms with Crippen LogP contribution in [-0.2, 0) is 11.3 Å². The van der Waals surface area contributed by atoms with E-state index in [1.165, 1.54) is 5.56 Å². The van der Waals surface area contributed by atoms with Gasteiger partial charge < -0.3 is 4.90 Å². The lowest BCUT2D eigenvalue weighted by Gasteiger charge is -2.27. The van der Waals surface area contributed by atoms with Gasteiger partial charge in [0.1, 0.15) is 0 Å². The Morgan fingerprint density at radius 1 is 0.966 bits per heavy atom. The molecule has 1 aliphatic heterocycles. The molecule has 6 heteroatoms. The van der Waals surface area contributed by atoms with Crippen molar-refractivity contribution in [2.24, 2.45) is 0 Å². The molecule has 5 nitrogen and oxygen atoms in total. The average molecular weight is 409 g/mol. The molecule has 4 rings (SSSR count). The van der Waals surface area contributed by atoms with Gasteiger partial charge in [-0.2, -0.15) is 5.10 Å². The summed E-state index contributed by atoms with van der Waals surface area (Å²) in [5.74, 6) is 0.105. The molecule has 0 aliphatic carbocycles. The van der Waals surface area contributed by atoms with Crippen molar-refractivity contribution in [1.29, 1.82) is 0 Å². The quantitative estimate of drug-likeness (QED) is 0.643. The van der Waals surface area contributed by atoms with Gasteiger partial charge in [-0.25, -0.2) is 0 Å². The Bertz CT molecular complexity index is 912. The van der Waals surface area contributed by atoms with Gasteiger partial charge in [0.15, 0.2) is 6.04 Å². The van der Waals surface area contributed by atoms with Gasteiger partial charge in [-0.3, -0.25) is 14.4 Å². The topological polar surface area (TPSA) is 41.4 Å². The molecule has 2 heterocycles. The third-order valence-corrected chi connectivity index (χ3v) is 5.61. The minimum absolute atomic E-state index is 0.105. The Morgan fingerprint density at radius 2 is 1.76 bits per heavy atom. The second kappa shape index (κ2) is 9.25. The predicted molar refractivity (Wildman–Crippen MR) is 115 cm³/mol. The van der Waals surface area contributed by atoms with Gasteiger partial charge in [0.25, 0.3) is 5.91 Å². The van der Waals surface area contributed by atoms with Crippen LogP contribution in [0.4, 0.5) is 0 Å². The summed E-state index contributed by atoms with van der Waals surface area (Å²) in [5, 5.41) is 5.11. The molecule has 1 aromatic heterocycles. The second-order valence-corrected chi connectivity index (χ2v) is 7.82. The smallest absolute Gasteiger partial charge is 0.252 e. The molecule has 1 amide bonds. The number of carbonyl (C=O) groups excluding carboxylic acids is 1. The van der Waals surface area contributed by atoms with E-state index in [0.29, 0.717) is 0 Å². The van der Waals surface area contributed by atoms with Crippen LogP contribution in [0.3, 0.4) is 0 Å². The standard InChI is InChI=1S/C23H25ClN4O/c24-21-10-8-19(9-11-21)18-26-13-5-14-27(17-16-26)23(29)22(28-15-4-12-25-28)20-6-2-1-3-7-20/h1-4,6-12,15,22H,5,13-14,16-18H2. The van der Waals surface area contributed by atoms with Crippen LogP contribution >= 0.6 is 11.6 Å². The van der Waals surface area contributed by atoms with Crippen LogP contribution in [0.25, 0.3) is 0 Å². The number of rotatable bonds is 5. The molecule has 0 bridgehead atoms.